The van der Waals surface area contributed by atoms with Crippen molar-refractivity contribution in [2.24, 2.45) is 0 Å². The highest BCUT2D eigenvalue weighted by molar-refractivity contribution is 7.94. The summed E-state index contributed by atoms with van der Waals surface area (Å²) in [5.74, 6) is -0.533. The molecule has 6 nitrogen and oxygen atoms in total. The van der Waals surface area contributed by atoms with E-state index in [0.29, 0.717) is 10.6 Å². The Morgan fingerprint density at radius 1 is 1.13 bits per heavy atom. The molecule has 0 radical (unpaired) electrons. The molecule has 0 saturated carbocycles. The zero-order valence-corrected chi connectivity index (χ0v) is 13.1. The van der Waals surface area contributed by atoms with Crippen LogP contribution in [0.15, 0.2) is 57.5 Å². The molecule has 2 aromatic heterocycles. The highest BCUT2D eigenvalue weighted by Crippen LogP contribution is 2.30. The molecule has 2 heterocycles. The van der Waals surface area contributed by atoms with Crippen LogP contribution in [0.2, 0.25) is 0 Å². The number of H-pyrrole nitrogens is 1. The third-order valence-electron chi connectivity index (χ3n) is 2.85. The average Bonchev–Trinajstić information content (AvgIpc) is 2.98. The fraction of sp³-hybridized carbons (Fsp3) is 0. The SMILES string of the molecule is O=c1ccc(-c2ccc(S(=O)(=O)Nc3cccc(F)c3)s2)n[nH]1. The van der Waals surface area contributed by atoms with Gasteiger partial charge in [0.05, 0.1) is 10.6 Å². The molecule has 118 valence electrons. The number of hydrogen-bond acceptors (Lipinski definition) is 5. The first-order chi connectivity index (χ1) is 10.9. The fourth-order valence-corrected chi connectivity index (χ4v) is 4.17. The lowest BCUT2D eigenvalue weighted by atomic mass is 10.3. The summed E-state index contributed by atoms with van der Waals surface area (Å²) >= 11 is 0.993. The molecule has 9 heteroatoms. The molecule has 0 fully saturated rings. The molecule has 0 unspecified atom stereocenters. The van der Waals surface area contributed by atoms with Crippen LogP contribution in [-0.2, 0) is 10.0 Å². The van der Waals surface area contributed by atoms with E-state index in [0.717, 1.165) is 17.4 Å². The smallest absolute Gasteiger partial charge is 0.271 e. The molecule has 0 atom stereocenters. The third kappa shape index (κ3) is 3.46. The third-order valence-corrected chi connectivity index (χ3v) is 5.84. The fourth-order valence-electron chi connectivity index (χ4n) is 1.84. The Labute approximate surface area is 134 Å². The van der Waals surface area contributed by atoms with Crippen LogP contribution in [0.3, 0.4) is 0 Å². The second-order valence-electron chi connectivity index (χ2n) is 4.54. The van der Waals surface area contributed by atoms with Crippen molar-refractivity contribution < 1.29 is 12.8 Å². The van der Waals surface area contributed by atoms with Crippen LogP contribution in [0.5, 0.6) is 0 Å². The molecule has 3 aromatic rings. The van der Waals surface area contributed by atoms with Crippen LogP contribution < -0.4 is 10.3 Å². The van der Waals surface area contributed by atoms with Crippen molar-refractivity contribution in [3.8, 4) is 10.6 Å². The number of halogens is 1. The molecule has 23 heavy (non-hydrogen) atoms. The van der Waals surface area contributed by atoms with Gasteiger partial charge >= 0.3 is 0 Å². The summed E-state index contributed by atoms with van der Waals surface area (Å²) in [5, 5.41) is 6.13. The number of benzene rings is 1. The summed E-state index contributed by atoms with van der Waals surface area (Å²) in [6, 6.07) is 11.0. The molecule has 0 amide bonds. The Kier molecular flexibility index (Phi) is 3.97. The van der Waals surface area contributed by atoms with Gasteiger partial charge in [-0.2, -0.15) is 5.10 Å². The number of rotatable bonds is 4. The van der Waals surface area contributed by atoms with Gasteiger partial charge in [0.1, 0.15) is 15.7 Å². The van der Waals surface area contributed by atoms with Crippen molar-refractivity contribution >= 4 is 27.0 Å². The zero-order chi connectivity index (χ0) is 16.4. The number of thiophene rings is 1. The Morgan fingerprint density at radius 2 is 1.96 bits per heavy atom. The van der Waals surface area contributed by atoms with E-state index in [4.69, 9.17) is 0 Å². The summed E-state index contributed by atoms with van der Waals surface area (Å²) in [5.41, 5.74) is 0.259. The van der Waals surface area contributed by atoms with Gasteiger partial charge in [-0.25, -0.2) is 17.9 Å². The number of nitrogens with one attached hydrogen (secondary N) is 2. The van der Waals surface area contributed by atoms with E-state index in [1.807, 2.05) is 0 Å². The quantitative estimate of drug-likeness (QED) is 0.755. The minimum absolute atomic E-state index is 0.0600. The number of sulfonamides is 1. The van der Waals surface area contributed by atoms with Gasteiger partial charge in [0.25, 0.3) is 15.6 Å². The monoisotopic (exact) mass is 351 g/mol. The van der Waals surface area contributed by atoms with Gasteiger partial charge in [-0.3, -0.25) is 9.52 Å². The van der Waals surface area contributed by atoms with Crippen LogP contribution in [-0.4, -0.2) is 18.6 Å². The normalized spacial score (nSPS) is 11.3. The summed E-state index contributed by atoms with van der Waals surface area (Å²) in [7, 11) is -3.82. The van der Waals surface area contributed by atoms with Crippen LogP contribution in [0.4, 0.5) is 10.1 Å². The van der Waals surface area contributed by atoms with Gasteiger partial charge in [0.2, 0.25) is 0 Å². The van der Waals surface area contributed by atoms with Crippen molar-refractivity contribution in [3.63, 3.8) is 0 Å². The van der Waals surface area contributed by atoms with Crippen LogP contribution in [0.25, 0.3) is 10.6 Å². The van der Waals surface area contributed by atoms with Crippen molar-refractivity contribution in [3.05, 3.63) is 64.7 Å². The molecule has 3 rings (SSSR count). The van der Waals surface area contributed by atoms with Crippen molar-refractivity contribution in [2.45, 2.75) is 4.21 Å². The second-order valence-corrected chi connectivity index (χ2v) is 7.53. The van der Waals surface area contributed by atoms with Gasteiger partial charge < -0.3 is 0 Å². The second kappa shape index (κ2) is 5.94. The topological polar surface area (TPSA) is 91.9 Å². The van der Waals surface area contributed by atoms with Gasteiger partial charge in [-0.05, 0) is 36.4 Å². The Hall–Kier alpha value is -2.52. The minimum Gasteiger partial charge on any atom is -0.279 e. The van der Waals surface area contributed by atoms with Crippen LogP contribution >= 0.6 is 11.3 Å². The predicted molar refractivity (Wildman–Crippen MR) is 85.4 cm³/mol. The lowest BCUT2D eigenvalue weighted by molar-refractivity contribution is 0.603. The Balaban J connectivity index is 1.89. The predicted octanol–water partition coefficient (Wildman–Crippen LogP) is 2.44. The van der Waals surface area contributed by atoms with E-state index >= 15 is 0 Å². The average molecular weight is 351 g/mol. The number of hydrogen-bond donors (Lipinski definition) is 2. The van der Waals surface area contributed by atoms with Crippen LogP contribution in [0, 0.1) is 5.82 Å². The summed E-state index contributed by atoms with van der Waals surface area (Å²) < 4.78 is 40.1. The highest BCUT2D eigenvalue weighted by atomic mass is 32.2. The van der Waals surface area contributed by atoms with Gasteiger partial charge in [0, 0.05) is 6.07 Å². The lowest BCUT2D eigenvalue weighted by Crippen LogP contribution is -2.11. The van der Waals surface area contributed by atoms with Gasteiger partial charge in [-0.15, -0.1) is 11.3 Å². The van der Waals surface area contributed by atoms with E-state index in [1.54, 1.807) is 6.07 Å². The van der Waals surface area contributed by atoms with E-state index in [9.17, 15) is 17.6 Å². The lowest BCUT2D eigenvalue weighted by Gasteiger charge is -2.05. The van der Waals surface area contributed by atoms with Crippen molar-refractivity contribution in [1.29, 1.82) is 0 Å². The maximum Gasteiger partial charge on any atom is 0.271 e. The zero-order valence-electron chi connectivity index (χ0n) is 11.5. The molecular weight excluding hydrogens is 341 g/mol. The first-order valence-corrected chi connectivity index (χ1v) is 8.68. The molecule has 0 spiro atoms. The summed E-state index contributed by atoms with van der Waals surface area (Å²) in [4.78, 5) is 11.6. The first kappa shape index (κ1) is 15.4. The number of nitrogens with zero attached hydrogens (tertiary/aromatic N) is 1. The maximum absolute atomic E-state index is 13.1. The standard InChI is InChI=1S/C14H10FN3O3S2/c15-9-2-1-3-10(8-9)18-23(20,21)14-7-5-12(22-14)11-4-6-13(19)17-16-11/h1-8,18H,(H,17,19). The Bertz CT molecular complexity index is 991. The number of aromatic amines is 1. The molecule has 0 aliphatic carbocycles. The molecule has 1 aromatic carbocycles. The molecule has 2 N–H and O–H groups in total. The summed E-state index contributed by atoms with van der Waals surface area (Å²) in [6.07, 6.45) is 0. The van der Waals surface area contributed by atoms with E-state index in [-0.39, 0.29) is 15.5 Å². The van der Waals surface area contributed by atoms with Crippen molar-refractivity contribution in [2.75, 3.05) is 4.72 Å². The van der Waals surface area contributed by atoms with Gasteiger partial charge in [0.15, 0.2) is 0 Å². The molecule has 0 bridgehead atoms. The largest absolute Gasteiger partial charge is 0.279 e. The molecular formula is C14H10FN3O3S2. The van der Waals surface area contributed by atoms with E-state index in [1.165, 1.54) is 36.4 Å². The van der Waals surface area contributed by atoms with Crippen molar-refractivity contribution in [1.82, 2.24) is 10.2 Å². The first-order valence-electron chi connectivity index (χ1n) is 6.38. The Morgan fingerprint density at radius 3 is 2.65 bits per heavy atom. The maximum atomic E-state index is 13.1. The highest BCUT2D eigenvalue weighted by Gasteiger charge is 2.18. The van der Waals surface area contributed by atoms with E-state index < -0.39 is 15.8 Å². The number of anilines is 1. The van der Waals surface area contributed by atoms with Crippen LogP contribution in [0.1, 0.15) is 0 Å². The molecule has 0 saturated heterocycles. The summed E-state index contributed by atoms with van der Waals surface area (Å²) in [6.45, 7) is 0. The molecule has 0 aliphatic rings. The minimum atomic E-state index is -3.82. The van der Waals surface area contributed by atoms with Gasteiger partial charge in [-0.1, -0.05) is 6.07 Å². The molecule has 0 aliphatic heterocycles. The van der Waals surface area contributed by atoms with E-state index in [2.05, 4.69) is 14.9 Å². The number of aromatic nitrogens is 2.